The van der Waals surface area contributed by atoms with Crippen LogP contribution >= 0.6 is 34.8 Å². The van der Waals surface area contributed by atoms with Crippen LogP contribution in [0.4, 0.5) is 10.1 Å². The van der Waals surface area contributed by atoms with Crippen LogP contribution in [0.5, 0.6) is 5.75 Å². The van der Waals surface area contributed by atoms with Gasteiger partial charge in [-0.3, -0.25) is 24.1 Å². The first-order valence-corrected chi connectivity index (χ1v) is 15.2. The Labute approximate surface area is 266 Å². The molecule has 2 aliphatic heterocycles. The van der Waals surface area contributed by atoms with Gasteiger partial charge in [0, 0.05) is 16.5 Å². The van der Waals surface area contributed by atoms with E-state index in [0.717, 1.165) is 22.6 Å². The van der Waals surface area contributed by atoms with Crippen molar-refractivity contribution in [1.82, 2.24) is 4.90 Å². The van der Waals surface area contributed by atoms with Crippen molar-refractivity contribution in [2.45, 2.75) is 35.1 Å². The second-order valence-corrected chi connectivity index (χ2v) is 13.4. The van der Waals surface area contributed by atoms with E-state index in [1.54, 1.807) is 6.08 Å². The molecule has 2 saturated heterocycles. The number of imide groups is 2. The van der Waals surface area contributed by atoms with Crippen LogP contribution < -0.4 is 4.90 Å². The largest absolute Gasteiger partial charge is 0.508 e. The third-order valence-electron chi connectivity index (χ3n) is 9.47. The molecular formula is C33H24Cl3FN2O5. The van der Waals surface area contributed by atoms with Crippen LogP contribution in [-0.2, 0) is 25.7 Å². The van der Waals surface area contributed by atoms with Gasteiger partial charge in [0.1, 0.15) is 11.6 Å². The minimum atomic E-state index is -2.16. The van der Waals surface area contributed by atoms with Crippen LogP contribution in [0.2, 0.25) is 5.02 Å². The van der Waals surface area contributed by atoms with Gasteiger partial charge in [-0.05, 0) is 66.8 Å². The summed E-state index contributed by atoms with van der Waals surface area (Å²) in [4.78, 5) is 54.1. The van der Waals surface area contributed by atoms with Crippen molar-refractivity contribution in [2.24, 2.45) is 17.8 Å². The van der Waals surface area contributed by atoms with Gasteiger partial charge in [-0.1, -0.05) is 53.6 Å². The summed E-state index contributed by atoms with van der Waals surface area (Å²) in [5, 5.41) is 11.3. The molecule has 0 radical (unpaired) electrons. The summed E-state index contributed by atoms with van der Waals surface area (Å²) in [6.07, 6.45) is 1.76. The van der Waals surface area contributed by atoms with Crippen LogP contribution in [-0.4, -0.2) is 43.4 Å². The third kappa shape index (κ3) is 3.93. The Morgan fingerprint density at radius 2 is 1.59 bits per heavy atom. The second-order valence-electron chi connectivity index (χ2n) is 11.7. The molecule has 4 amide bonds. The van der Waals surface area contributed by atoms with E-state index in [2.05, 4.69) is 0 Å². The summed E-state index contributed by atoms with van der Waals surface area (Å²) in [6, 6.07) is 18.2. The molecule has 3 aromatic rings. The lowest BCUT2D eigenvalue weighted by Crippen LogP contribution is -2.60. The molecule has 0 unspecified atom stereocenters. The predicted octanol–water partition coefficient (Wildman–Crippen LogP) is 5.95. The number of phenols is 1. The molecule has 44 heavy (non-hydrogen) atoms. The molecule has 224 valence electrons. The summed E-state index contributed by atoms with van der Waals surface area (Å²) in [5.41, 5.74) is 1.54. The summed E-state index contributed by atoms with van der Waals surface area (Å²) in [6.45, 7) is 0.0906. The Morgan fingerprint density at radius 1 is 0.886 bits per heavy atom. The third-order valence-corrected chi connectivity index (χ3v) is 11.1. The number of aromatic hydroxyl groups is 1. The van der Waals surface area contributed by atoms with Crippen molar-refractivity contribution in [3.63, 3.8) is 0 Å². The lowest BCUT2D eigenvalue weighted by atomic mass is 9.56. The standard InChI is InChI=1S/C33H24Cl3FN2O5/c34-18-6-13-25(40)23(14-18)27-21-11-12-22-26(29(42)38(28(22)41)16-17-4-2-1-3-5-17)24(21)15-32(35)30(43)39(31(44)33(27,32)36)20-9-7-19(37)8-10-20/h1-11,13-14,22,24,26-27,40H,12,15-16H2/t22-,24+,26-,27+,32+,33-/m0/s1. The van der Waals surface area contributed by atoms with Crippen molar-refractivity contribution in [3.05, 3.63) is 106 Å². The highest BCUT2D eigenvalue weighted by Crippen LogP contribution is 2.66. The van der Waals surface area contributed by atoms with Crippen molar-refractivity contribution < 1.29 is 28.7 Å². The summed E-state index contributed by atoms with van der Waals surface area (Å²) in [5.74, 6) is -6.73. The topological polar surface area (TPSA) is 95.0 Å². The highest BCUT2D eigenvalue weighted by atomic mass is 35.5. The fourth-order valence-corrected chi connectivity index (χ4v) is 8.60. The average Bonchev–Trinajstić information content (AvgIpc) is 3.33. The van der Waals surface area contributed by atoms with Gasteiger partial charge in [0.25, 0.3) is 11.8 Å². The van der Waals surface area contributed by atoms with E-state index in [1.165, 1.54) is 35.2 Å². The number of phenolic OH excluding ortho intramolecular Hbond substituents is 1. The van der Waals surface area contributed by atoms with Gasteiger partial charge in [0.15, 0.2) is 9.75 Å². The SMILES string of the molecule is O=C1[C@H]2[C@H](CC=C3[C@H]2C[C@@]2(Cl)C(=O)N(c4ccc(F)cc4)C(=O)[C@@]2(Cl)[C@H]3c2cc(Cl)ccc2O)C(=O)N1Cc1ccccc1. The summed E-state index contributed by atoms with van der Waals surface area (Å²) >= 11 is 21.0. The smallest absolute Gasteiger partial charge is 0.258 e. The van der Waals surface area contributed by atoms with Crippen molar-refractivity contribution in [2.75, 3.05) is 4.90 Å². The molecule has 1 N–H and O–H groups in total. The van der Waals surface area contributed by atoms with Crippen molar-refractivity contribution in [3.8, 4) is 5.75 Å². The molecule has 4 aliphatic rings. The first-order chi connectivity index (χ1) is 21.0. The second kappa shape index (κ2) is 10.2. The zero-order chi connectivity index (χ0) is 31.1. The Balaban J connectivity index is 1.38. The molecule has 2 heterocycles. The number of rotatable bonds is 4. The van der Waals surface area contributed by atoms with Gasteiger partial charge in [-0.2, -0.15) is 0 Å². The minimum absolute atomic E-state index is 0.0703. The Hall–Kier alpha value is -3.72. The van der Waals surface area contributed by atoms with Gasteiger partial charge in [-0.15, -0.1) is 23.2 Å². The number of carbonyl (C=O) groups is 4. The summed E-state index contributed by atoms with van der Waals surface area (Å²) in [7, 11) is 0. The minimum Gasteiger partial charge on any atom is -0.508 e. The zero-order valence-corrected chi connectivity index (χ0v) is 25.2. The van der Waals surface area contributed by atoms with E-state index in [4.69, 9.17) is 34.8 Å². The van der Waals surface area contributed by atoms with E-state index in [9.17, 15) is 28.7 Å². The number of nitrogens with zero attached hydrogens (tertiary/aromatic N) is 2. The molecule has 1 saturated carbocycles. The van der Waals surface area contributed by atoms with Gasteiger partial charge in [0.05, 0.1) is 24.1 Å². The van der Waals surface area contributed by atoms with Crippen LogP contribution in [0.1, 0.15) is 29.9 Å². The number of carbonyl (C=O) groups excluding carboxylic acids is 4. The van der Waals surface area contributed by atoms with Gasteiger partial charge >= 0.3 is 0 Å². The Kier molecular flexibility index (Phi) is 6.70. The molecule has 11 heteroatoms. The summed E-state index contributed by atoms with van der Waals surface area (Å²) < 4.78 is 13.8. The number of hydrogen-bond donors (Lipinski definition) is 1. The number of fused-ring (bicyclic) bond motifs is 4. The zero-order valence-electron chi connectivity index (χ0n) is 22.9. The van der Waals surface area contributed by atoms with Crippen molar-refractivity contribution >= 4 is 64.1 Å². The molecule has 0 aromatic heterocycles. The maximum absolute atomic E-state index is 14.3. The molecule has 7 nitrogen and oxygen atoms in total. The molecule has 3 fully saturated rings. The quantitative estimate of drug-likeness (QED) is 0.214. The number of anilines is 1. The average molecular weight is 654 g/mol. The maximum Gasteiger partial charge on any atom is 0.258 e. The molecule has 7 rings (SSSR count). The fraction of sp³-hybridized carbons (Fsp3) is 0.273. The molecule has 3 aromatic carbocycles. The Morgan fingerprint density at radius 3 is 2.30 bits per heavy atom. The van der Waals surface area contributed by atoms with Crippen LogP contribution in [0, 0.1) is 23.6 Å². The normalized spacial score (nSPS) is 31.1. The molecule has 0 spiro atoms. The molecule has 2 aliphatic carbocycles. The number of amides is 4. The lowest BCUT2D eigenvalue weighted by Gasteiger charge is -2.50. The fourth-order valence-electron chi connectivity index (χ4n) is 7.49. The van der Waals surface area contributed by atoms with Gasteiger partial charge in [0.2, 0.25) is 11.8 Å². The first-order valence-electron chi connectivity index (χ1n) is 14.1. The van der Waals surface area contributed by atoms with Crippen molar-refractivity contribution in [1.29, 1.82) is 0 Å². The number of benzene rings is 3. The number of allylic oxidation sites excluding steroid dienone is 2. The highest BCUT2D eigenvalue weighted by Gasteiger charge is 2.76. The van der Waals surface area contributed by atoms with E-state index >= 15 is 0 Å². The van der Waals surface area contributed by atoms with Crippen LogP contribution in [0.15, 0.2) is 84.4 Å². The molecular weight excluding hydrogens is 630 g/mol. The highest BCUT2D eigenvalue weighted by molar-refractivity contribution is 6.58. The number of likely N-dealkylation sites (tertiary alicyclic amines) is 1. The van der Waals surface area contributed by atoms with E-state index in [1.807, 2.05) is 30.3 Å². The van der Waals surface area contributed by atoms with E-state index in [-0.39, 0.29) is 47.3 Å². The predicted molar refractivity (Wildman–Crippen MR) is 162 cm³/mol. The van der Waals surface area contributed by atoms with E-state index in [0.29, 0.717) is 5.57 Å². The number of alkyl halides is 2. The number of hydrogen-bond acceptors (Lipinski definition) is 5. The first kappa shape index (κ1) is 29.0. The molecule has 6 atom stereocenters. The maximum atomic E-state index is 14.3. The van der Waals surface area contributed by atoms with Gasteiger partial charge < -0.3 is 5.11 Å². The Bertz CT molecular complexity index is 1780. The van der Waals surface area contributed by atoms with Crippen LogP contribution in [0.3, 0.4) is 0 Å². The van der Waals surface area contributed by atoms with Gasteiger partial charge in [-0.25, -0.2) is 9.29 Å². The number of halogens is 4. The van der Waals surface area contributed by atoms with E-state index < -0.39 is 57.0 Å². The monoisotopic (exact) mass is 652 g/mol. The molecule has 0 bridgehead atoms. The van der Waals surface area contributed by atoms with Crippen LogP contribution in [0.25, 0.3) is 0 Å². The lowest BCUT2D eigenvalue weighted by molar-refractivity contribution is -0.141.